The van der Waals surface area contributed by atoms with Gasteiger partial charge in [-0.1, -0.05) is 179 Å². The van der Waals surface area contributed by atoms with Gasteiger partial charge in [-0.3, -0.25) is 4.79 Å². The Morgan fingerprint density at radius 3 is 1.43 bits per heavy atom. The largest absolute Gasteiger partial charge is 0.394 e. The molecule has 1 amide bonds. The van der Waals surface area contributed by atoms with Gasteiger partial charge in [-0.25, -0.2) is 0 Å². The molecule has 9 atom stereocenters. The highest BCUT2D eigenvalue weighted by atomic mass is 16.7. The molecule has 1 rings (SSSR count). The van der Waals surface area contributed by atoms with Crippen LogP contribution in [0.25, 0.3) is 0 Å². The first-order valence-electron chi connectivity index (χ1n) is 25.9. The summed E-state index contributed by atoms with van der Waals surface area (Å²) in [5.74, 6) is -0.716. The van der Waals surface area contributed by atoms with E-state index in [0.717, 1.165) is 64.2 Å². The maximum atomic E-state index is 13.1. The second kappa shape index (κ2) is 41.7. The van der Waals surface area contributed by atoms with Crippen LogP contribution in [-0.2, 0) is 14.3 Å². The Labute approximate surface area is 384 Å². The molecule has 63 heavy (non-hydrogen) atoms. The molecule has 370 valence electrons. The van der Waals surface area contributed by atoms with Crippen molar-refractivity contribution >= 4 is 5.91 Å². The molecule has 9 unspecified atom stereocenters. The lowest BCUT2D eigenvalue weighted by Crippen LogP contribution is -2.60. The maximum Gasteiger partial charge on any atom is 0.249 e. The zero-order chi connectivity index (χ0) is 46.2. The van der Waals surface area contributed by atoms with Gasteiger partial charge >= 0.3 is 0 Å². The molecule has 0 radical (unpaired) electrons. The van der Waals surface area contributed by atoms with E-state index < -0.39 is 74.2 Å². The number of hydrogen-bond donors (Lipinski definition) is 8. The van der Waals surface area contributed by atoms with E-state index in [-0.39, 0.29) is 12.8 Å². The van der Waals surface area contributed by atoms with E-state index in [1.165, 1.54) is 109 Å². The van der Waals surface area contributed by atoms with Crippen molar-refractivity contribution in [2.75, 3.05) is 13.2 Å². The molecule has 0 aliphatic carbocycles. The predicted molar refractivity (Wildman–Crippen MR) is 256 cm³/mol. The molecule has 1 fully saturated rings. The highest BCUT2D eigenvalue weighted by Crippen LogP contribution is 2.23. The van der Waals surface area contributed by atoms with E-state index in [2.05, 4.69) is 55.6 Å². The van der Waals surface area contributed by atoms with Crippen molar-refractivity contribution in [3.63, 3.8) is 0 Å². The van der Waals surface area contributed by atoms with Crippen LogP contribution in [0, 0.1) is 0 Å². The quantitative estimate of drug-likeness (QED) is 0.0216. The Balaban J connectivity index is 2.41. The van der Waals surface area contributed by atoms with Crippen LogP contribution in [0.5, 0.6) is 0 Å². The fourth-order valence-electron chi connectivity index (χ4n) is 8.10. The minimum absolute atomic E-state index is 0.243. The molecule has 0 saturated carbocycles. The number of amides is 1. The Hall–Kier alpha value is -1.67. The number of aliphatic hydroxyl groups is 7. The van der Waals surface area contributed by atoms with Crippen LogP contribution in [0.3, 0.4) is 0 Å². The highest BCUT2D eigenvalue weighted by Gasteiger charge is 2.44. The lowest BCUT2D eigenvalue weighted by molar-refractivity contribution is -0.303. The summed E-state index contributed by atoms with van der Waals surface area (Å²) in [7, 11) is 0. The van der Waals surface area contributed by atoms with Crippen molar-refractivity contribution in [1.82, 2.24) is 5.32 Å². The van der Waals surface area contributed by atoms with E-state index in [1.807, 2.05) is 0 Å². The third kappa shape index (κ3) is 31.0. The van der Waals surface area contributed by atoms with Crippen molar-refractivity contribution in [2.45, 2.75) is 274 Å². The van der Waals surface area contributed by atoms with Gasteiger partial charge in [0.15, 0.2) is 6.29 Å². The van der Waals surface area contributed by atoms with Gasteiger partial charge in [0.05, 0.1) is 25.4 Å². The summed E-state index contributed by atoms with van der Waals surface area (Å²) in [5, 5.41) is 75.8. The molecule has 0 aromatic heterocycles. The minimum atomic E-state index is -1.67. The molecule has 11 nitrogen and oxygen atoms in total. The van der Waals surface area contributed by atoms with Gasteiger partial charge in [-0.15, -0.1) is 0 Å². The average molecular weight is 896 g/mol. The monoisotopic (exact) mass is 896 g/mol. The first-order valence-corrected chi connectivity index (χ1v) is 25.9. The van der Waals surface area contributed by atoms with Crippen LogP contribution >= 0.6 is 0 Å². The third-order valence-corrected chi connectivity index (χ3v) is 12.4. The number of carbonyl (C=O) groups is 1. The van der Waals surface area contributed by atoms with Gasteiger partial charge in [0.1, 0.15) is 36.6 Å². The lowest BCUT2D eigenvalue weighted by atomic mass is 9.98. The molecular weight excluding hydrogens is 799 g/mol. The van der Waals surface area contributed by atoms with Crippen LogP contribution in [0.1, 0.15) is 219 Å². The summed E-state index contributed by atoms with van der Waals surface area (Å²) < 4.78 is 11.1. The Kier molecular flexibility index (Phi) is 39.3. The molecule has 0 aromatic rings. The maximum absolute atomic E-state index is 13.1. The summed E-state index contributed by atoms with van der Waals surface area (Å²) in [6, 6.07) is -1.19. The van der Waals surface area contributed by atoms with Crippen molar-refractivity contribution in [3.8, 4) is 0 Å². The number of hydrogen-bond acceptors (Lipinski definition) is 10. The number of ether oxygens (including phenoxy) is 2. The summed E-state index contributed by atoms with van der Waals surface area (Å²) in [6.07, 6.45) is 37.7. The molecule has 1 saturated heterocycles. The van der Waals surface area contributed by atoms with Crippen LogP contribution in [0.15, 0.2) is 36.5 Å². The fourth-order valence-corrected chi connectivity index (χ4v) is 8.10. The third-order valence-electron chi connectivity index (χ3n) is 12.4. The van der Waals surface area contributed by atoms with Gasteiger partial charge in [-0.2, -0.15) is 0 Å². The fraction of sp³-hybridized carbons (Fsp3) is 0.865. The Bertz CT molecular complexity index is 1120. The van der Waals surface area contributed by atoms with E-state index >= 15 is 0 Å². The normalized spacial score (nSPS) is 21.4. The average Bonchev–Trinajstić information content (AvgIpc) is 3.28. The smallest absolute Gasteiger partial charge is 0.249 e. The molecule has 8 N–H and O–H groups in total. The number of carbonyl (C=O) groups excluding carboxylic acids is 1. The topological polar surface area (TPSA) is 189 Å². The van der Waals surface area contributed by atoms with Gasteiger partial charge in [0, 0.05) is 0 Å². The summed E-state index contributed by atoms with van der Waals surface area (Å²) >= 11 is 0. The predicted octanol–water partition coefficient (Wildman–Crippen LogP) is 9.56. The molecule has 0 spiro atoms. The standard InChI is InChI=1S/C52H97NO10/c1-3-5-7-9-11-13-15-17-19-20-21-22-23-24-25-26-28-29-31-33-35-37-39-44(55)47(57)43(42-62-52-50(60)49(59)48(58)46(41-54)63-52)53-51(61)45(56)40-38-36-34-32-30-27-18-16-14-12-10-8-6-4-2/h14,16,25-26,31,33,43-50,52,54-60H,3-13,15,17-24,27-30,32,34-42H2,1-2H3,(H,53,61)/b16-14-,26-25+,33-31+. The van der Waals surface area contributed by atoms with E-state index in [9.17, 15) is 40.5 Å². The van der Waals surface area contributed by atoms with Gasteiger partial charge in [0.2, 0.25) is 5.91 Å². The van der Waals surface area contributed by atoms with Crippen molar-refractivity contribution in [3.05, 3.63) is 36.5 Å². The van der Waals surface area contributed by atoms with Crippen molar-refractivity contribution in [2.24, 2.45) is 0 Å². The van der Waals surface area contributed by atoms with Crippen LogP contribution in [0.2, 0.25) is 0 Å². The first kappa shape index (κ1) is 59.3. The zero-order valence-electron chi connectivity index (χ0n) is 40.1. The zero-order valence-corrected chi connectivity index (χ0v) is 40.1. The van der Waals surface area contributed by atoms with Crippen molar-refractivity contribution < 1.29 is 50.0 Å². The van der Waals surface area contributed by atoms with E-state index in [4.69, 9.17) is 9.47 Å². The Morgan fingerprint density at radius 1 is 0.540 bits per heavy atom. The molecule has 1 aliphatic rings. The van der Waals surface area contributed by atoms with Gasteiger partial charge in [-0.05, 0) is 77.0 Å². The number of nitrogens with one attached hydrogen (secondary N) is 1. The number of aliphatic hydroxyl groups excluding tert-OH is 7. The molecule has 1 aliphatic heterocycles. The van der Waals surface area contributed by atoms with Gasteiger partial charge < -0.3 is 50.5 Å². The van der Waals surface area contributed by atoms with Gasteiger partial charge in [0.25, 0.3) is 0 Å². The van der Waals surface area contributed by atoms with Crippen LogP contribution in [0.4, 0.5) is 0 Å². The second-order valence-electron chi connectivity index (χ2n) is 18.2. The molecule has 11 heteroatoms. The summed E-state index contributed by atoms with van der Waals surface area (Å²) in [5.41, 5.74) is 0. The SMILES string of the molecule is CCCCCC/C=C\CCCCCCCCC(O)C(=O)NC(COC1OC(CO)C(O)C(O)C1O)C(O)C(O)CCC/C=C/CC/C=C/CCCCCCCCCCCCCCC. The van der Waals surface area contributed by atoms with E-state index in [0.29, 0.717) is 19.3 Å². The Morgan fingerprint density at radius 2 is 0.952 bits per heavy atom. The summed E-state index contributed by atoms with van der Waals surface area (Å²) in [6.45, 7) is 3.41. The minimum Gasteiger partial charge on any atom is -0.394 e. The molecular formula is C52H97NO10. The lowest BCUT2D eigenvalue weighted by Gasteiger charge is -2.40. The van der Waals surface area contributed by atoms with E-state index in [1.54, 1.807) is 0 Å². The molecule has 0 aromatic carbocycles. The van der Waals surface area contributed by atoms with Crippen LogP contribution in [-0.4, -0.2) is 110 Å². The first-order chi connectivity index (χ1) is 30.7. The van der Waals surface area contributed by atoms with Crippen molar-refractivity contribution in [1.29, 1.82) is 0 Å². The number of allylic oxidation sites excluding steroid dienone is 6. The number of rotatable bonds is 43. The second-order valence-corrected chi connectivity index (χ2v) is 18.2. The summed E-state index contributed by atoms with van der Waals surface area (Å²) in [4.78, 5) is 13.1. The van der Waals surface area contributed by atoms with Crippen LogP contribution < -0.4 is 5.32 Å². The number of unbranched alkanes of at least 4 members (excludes halogenated alkanes) is 25. The highest BCUT2D eigenvalue weighted by molar-refractivity contribution is 5.80. The molecule has 0 bridgehead atoms. The molecule has 1 heterocycles.